The van der Waals surface area contributed by atoms with Crippen LogP contribution in [0.5, 0.6) is 5.75 Å². The Morgan fingerprint density at radius 3 is 2.48 bits per heavy atom. The van der Waals surface area contributed by atoms with E-state index < -0.39 is 11.9 Å². The first-order valence-electron chi connectivity index (χ1n) is 8.98. The van der Waals surface area contributed by atoms with Crippen LogP contribution in [0.2, 0.25) is 0 Å². The highest BCUT2D eigenvalue weighted by molar-refractivity contribution is 5.90. The van der Waals surface area contributed by atoms with Gasteiger partial charge in [0, 0.05) is 12.4 Å². The van der Waals surface area contributed by atoms with Crippen LogP contribution in [0.25, 0.3) is 11.0 Å². The van der Waals surface area contributed by atoms with Gasteiger partial charge in [0.1, 0.15) is 17.9 Å². The van der Waals surface area contributed by atoms with Gasteiger partial charge in [-0.2, -0.15) is 4.73 Å². The zero-order chi connectivity index (χ0) is 20.8. The molecule has 0 saturated heterocycles. The van der Waals surface area contributed by atoms with E-state index in [9.17, 15) is 14.8 Å². The number of aromatic nitrogens is 3. The number of carbonyl (C=O) groups excluding carboxylic acids is 2. The number of pyridine rings is 1. The van der Waals surface area contributed by atoms with Crippen molar-refractivity contribution < 1.29 is 28.5 Å². The molecule has 2 aromatic heterocycles. The molecule has 0 aliphatic carbocycles. The second kappa shape index (κ2) is 8.96. The van der Waals surface area contributed by atoms with Crippen molar-refractivity contribution in [2.75, 3.05) is 13.2 Å². The summed E-state index contributed by atoms with van der Waals surface area (Å²) in [5, 5.41) is 12.9. The van der Waals surface area contributed by atoms with Crippen molar-refractivity contribution in [3.63, 3.8) is 0 Å². The minimum absolute atomic E-state index is 0.00230. The molecular weight excluding hydrogens is 378 g/mol. The zero-order valence-corrected chi connectivity index (χ0v) is 16.0. The first-order chi connectivity index (χ1) is 14.0. The van der Waals surface area contributed by atoms with Gasteiger partial charge in [-0.25, -0.2) is 14.6 Å². The Bertz CT molecular complexity index is 1040. The van der Waals surface area contributed by atoms with Crippen molar-refractivity contribution in [3.8, 4) is 5.75 Å². The van der Waals surface area contributed by atoms with E-state index in [0.717, 1.165) is 0 Å². The summed E-state index contributed by atoms with van der Waals surface area (Å²) in [5.74, 6) is -1.01. The molecule has 0 atom stereocenters. The molecule has 3 rings (SSSR count). The van der Waals surface area contributed by atoms with Gasteiger partial charge in [0.15, 0.2) is 5.69 Å². The Morgan fingerprint density at radius 1 is 1.03 bits per heavy atom. The molecule has 0 amide bonds. The van der Waals surface area contributed by atoms with E-state index in [2.05, 4.69) is 9.97 Å². The van der Waals surface area contributed by atoms with Crippen LogP contribution >= 0.6 is 0 Å². The maximum absolute atomic E-state index is 12.9. The average molecular weight is 397 g/mol. The molecule has 9 nitrogen and oxygen atoms in total. The van der Waals surface area contributed by atoms with E-state index in [1.54, 1.807) is 19.1 Å². The first kappa shape index (κ1) is 20.0. The highest BCUT2D eigenvalue weighted by atomic mass is 16.5. The molecule has 0 fully saturated rings. The van der Waals surface area contributed by atoms with Crippen LogP contribution in [-0.4, -0.2) is 35.1 Å². The minimum Gasteiger partial charge on any atom is -0.618 e. The molecule has 0 aliphatic rings. The molecule has 0 unspecified atom stereocenters. The van der Waals surface area contributed by atoms with E-state index in [4.69, 9.17) is 14.2 Å². The van der Waals surface area contributed by atoms with Crippen LogP contribution in [0.4, 0.5) is 0 Å². The fourth-order valence-electron chi connectivity index (χ4n) is 2.66. The van der Waals surface area contributed by atoms with Crippen LogP contribution in [-0.2, 0) is 16.1 Å². The Balaban J connectivity index is 1.99. The SMILES string of the molecule is CCOC(=O)c1c(COC(=O)c2ccncc2)nc2ccc(OCC)cc2[n+]1[O-]. The molecule has 0 bridgehead atoms. The van der Waals surface area contributed by atoms with Crippen LogP contribution in [0.15, 0.2) is 42.7 Å². The zero-order valence-electron chi connectivity index (χ0n) is 16.0. The Morgan fingerprint density at radius 2 is 1.79 bits per heavy atom. The second-order valence-corrected chi connectivity index (χ2v) is 5.82. The van der Waals surface area contributed by atoms with Crippen molar-refractivity contribution in [3.05, 3.63) is 64.9 Å². The molecular formula is C20H19N3O6. The summed E-state index contributed by atoms with van der Waals surface area (Å²) in [7, 11) is 0. The molecule has 0 spiro atoms. The van der Waals surface area contributed by atoms with Crippen LogP contribution < -0.4 is 9.47 Å². The summed E-state index contributed by atoms with van der Waals surface area (Å²) in [6, 6.07) is 7.73. The van der Waals surface area contributed by atoms with E-state index in [1.807, 2.05) is 6.92 Å². The number of carbonyl (C=O) groups is 2. The minimum atomic E-state index is -0.853. The molecule has 2 heterocycles. The lowest BCUT2D eigenvalue weighted by atomic mass is 10.2. The quantitative estimate of drug-likeness (QED) is 0.339. The van der Waals surface area contributed by atoms with Gasteiger partial charge in [-0.3, -0.25) is 4.98 Å². The summed E-state index contributed by atoms with van der Waals surface area (Å²) < 4.78 is 16.1. The summed E-state index contributed by atoms with van der Waals surface area (Å²) in [5.41, 5.74) is 0.414. The molecule has 150 valence electrons. The Hall–Kier alpha value is -3.75. The van der Waals surface area contributed by atoms with Gasteiger partial charge in [0.05, 0.1) is 24.8 Å². The van der Waals surface area contributed by atoms with Gasteiger partial charge in [0.2, 0.25) is 5.52 Å². The number of rotatable bonds is 7. The topological polar surface area (TPSA) is 115 Å². The summed E-state index contributed by atoms with van der Waals surface area (Å²) in [6.45, 7) is 3.56. The molecule has 0 radical (unpaired) electrons. The largest absolute Gasteiger partial charge is 0.618 e. The van der Waals surface area contributed by atoms with Crippen LogP contribution in [0.1, 0.15) is 40.4 Å². The fourth-order valence-corrected chi connectivity index (χ4v) is 2.66. The lowest BCUT2D eigenvalue weighted by Crippen LogP contribution is -2.39. The highest BCUT2D eigenvalue weighted by Gasteiger charge is 2.28. The van der Waals surface area contributed by atoms with Crippen molar-refractivity contribution in [2.45, 2.75) is 20.5 Å². The smallest absolute Gasteiger partial charge is 0.407 e. The summed E-state index contributed by atoms with van der Waals surface area (Å²) in [6.07, 6.45) is 2.91. The predicted molar refractivity (Wildman–Crippen MR) is 101 cm³/mol. The normalized spacial score (nSPS) is 10.6. The number of nitrogens with zero attached hydrogens (tertiary/aromatic N) is 3. The van der Waals surface area contributed by atoms with Crippen molar-refractivity contribution >= 4 is 23.0 Å². The van der Waals surface area contributed by atoms with Gasteiger partial charge in [-0.05, 0) is 38.1 Å². The maximum Gasteiger partial charge on any atom is 0.407 e. The van der Waals surface area contributed by atoms with E-state index in [-0.39, 0.29) is 35.7 Å². The lowest BCUT2D eigenvalue weighted by Gasteiger charge is -2.12. The predicted octanol–water partition coefficient (Wildman–Crippen LogP) is 2.20. The fraction of sp³-hybridized carbons (Fsp3) is 0.250. The molecule has 9 heteroatoms. The third-order valence-corrected chi connectivity index (χ3v) is 3.93. The number of fused-ring (bicyclic) bond motifs is 1. The van der Waals surface area contributed by atoms with Crippen LogP contribution in [0, 0.1) is 5.21 Å². The molecule has 1 aromatic carbocycles. The Labute approximate surface area is 166 Å². The number of esters is 2. The van der Waals surface area contributed by atoms with Crippen molar-refractivity contribution in [2.24, 2.45) is 0 Å². The van der Waals surface area contributed by atoms with Gasteiger partial charge in [0.25, 0.3) is 0 Å². The number of hydrogen-bond acceptors (Lipinski definition) is 8. The van der Waals surface area contributed by atoms with Gasteiger partial charge in [-0.15, -0.1) is 0 Å². The molecule has 0 N–H and O–H groups in total. The van der Waals surface area contributed by atoms with E-state index in [1.165, 1.54) is 30.6 Å². The molecule has 3 aromatic rings. The van der Waals surface area contributed by atoms with Crippen LogP contribution in [0.3, 0.4) is 0 Å². The third-order valence-electron chi connectivity index (χ3n) is 3.93. The summed E-state index contributed by atoms with van der Waals surface area (Å²) in [4.78, 5) is 32.8. The number of benzene rings is 1. The van der Waals surface area contributed by atoms with Gasteiger partial charge < -0.3 is 19.4 Å². The maximum atomic E-state index is 12.9. The molecule has 0 saturated carbocycles. The van der Waals surface area contributed by atoms with Gasteiger partial charge >= 0.3 is 17.6 Å². The van der Waals surface area contributed by atoms with E-state index in [0.29, 0.717) is 22.6 Å². The molecule has 0 aliphatic heterocycles. The molecule has 29 heavy (non-hydrogen) atoms. The number of ether oxygens (including phenoxy) is 3. The first-order valence-corrected chi connectivity index (χ1v) is 8.98. The highest BCUT2D eigenvalue weighted by Crippen LogP contribution is 2.20. The third kappa shape index (κ3) is 4.40. The van der Waals surface area contributed by atoms with Gasteiger partial charge in [-0.1, -0.05) is 0 Å². The average Bonchev–Trinajstić information content (AvgIpc) is 2.73. The Kier molecular flexibility index (Phi) is 6.18. The lowest BCUT2D eigenvalue weighted by molar-refractivity contribution is -0.581. The summed E-state index contributed by atoms with van der Waals surface area (Å²) >= 11 is 0. The van der Waals surface area contributed by atoms with E-state index >= 15 is 0 Å². The standard InChI is InChI=1S/C20H19N3O6/c1-3-27-14-5-6-15-17(11-14)23(26)18(20(25)28-4-2)16(22-15)12-29-19(24)13-7-9-21-10-8-13/h5-11H,3-4,12H2,1-2H3. The van der Waals surface area contributed by atoms with Crippen molar-refractivity contribution in [1.82, 2.24) is 9.97 Å². The monoisotopic (exact) mass is 397 g/mol. The second-order valence-electron chi connectivity index (χ2n) is 5.82. The number of hydrogen-bond donors (Lipinski definition) is 0. The van der Waals surface area contributed by atoms with Crippen molar-refractivity contribution in [1.29, 1.82) is 0 Å².